The molecule has 5 nitrogen and oxygen atoms in total. The molecule has 24 heavy (non-hydrogen) atoms. The molecule has 2 aromatic rings. The summed E-state index contributed by atoms with van der Waals surface area (Å²) >= 11 is 0. The Kier molecular flexibility index (Phi) is 5.11. The van der Waals surface area contributed by atoms with Crippen LogP contribution >= 0.6 is 0 Å². The molecule has 1 unspecified atom stereocenters. The number of nitrogens with zero attached hydrogens (tertiary/aromatic N) is 1. The van der Waals surface area contributed by atoms with Crippen molar-refractivity contribution in [3.8, 4) is 0 Å². The fourth-order valence-electron chi connectivity index (χ4n) is 3.03. The molecule has 0 spiro atoms. The van der Waals surface area contributed by atoms with Crippen molar-refractivity contribution in [1.82, 2.24) is 15.5 Å². The Hall–Kier alpha value is -2.40. The molecule has 0 aliphatic carbocycles. The molecular formula is C19H23N3O2. The quantitative estimate of drug-likeness (QED) is 0.901. The van der Waals surface area contributed by atoms with Gasteiger partial charge < -0.3 is 15.5 Å². The van der Waals surface area contributed by atoms with E-state index in [9.17, 15) is 9.59 Å². The van der Waals surface area contributed by atoms with Crippen molar-refractivity contribution in [1.29, 1.82) is 0 Å². The lowest BCUT2D eigenvalue weighted by atomic mass is 10.1. The molecule has 2 N–H and O–H groups in total. The Morgan fingerprint density at radius 2 is 2.00 bits per heavy atom. The number of amides is 2. The van der Waals surface area contributed by atoms with Gasteiger partial charge in [0.1, 0.15) is 0 Å². The number of piperazine rings is 1. The summed E-state index contributed by atoms with van der Waals surface area (Å²) in [5.41, 5.74) is 0.622. The van der Waals surface area contributed by atoms with Gasteiger partial charge in [-0.2, -0.15) is 0 Å². The van der Waals surface area contributed by atoms with Gasteiger partial charge in [0, 0.05) is 44.2 Å². The first-order valence-corrected chi connectivity index (χ1v) is 8.41. The minimum absolute atomic E-state index is 0.0992. The van der Waals surface area contributed by atoms with Crippen LogP contribution in [0.3, 0.4) is 0 Å². The number of rotatable bonds is 4. The van der Waals surface area contributed by atoms with Crippen LogP contribution in [0.4, 0.5) is 0 Å². The predicted molar refractivity (Wildman–Crippen MR) is 94.9 cm³/mol. The number of nitrogens with one attached hydrogen (secondary N) is 2. The Morgan fingerprint density at radius 3 is 2.79 bits per heavy atom. The SMILES string of the molecule is CC1CN(C(=O)CCNC(=O)c2ccc3ccccc3c2)CCN1. The summed E-state index contributed by atoms with van der Waals surface area (Å²) in [7, 11) is 0. The summed E-state index contributed by atoms with van der Waals surface area (Å²) in [5, 5.41) is 8.30. The van der Waals surface area contributed by atoms with Gasteiger partial charge in [-0.05, 0) is 29.8 Å². The maximum atomic E-state index is 12.3. The first-order valence-electron chi connectivity index (χ1n) is 8.41. The minimum Gasteiger partial charge on any atom is -0.352 e. The molecule has 1 aliphatic rings. The van der Waals surface area contributed by atoms with Gasteiger partial charge in [-0.25, -0.2) is 0 Å². The average Bonchev–Trinajstić information content (AvgIpc) is 2.61. The van der Waals surface area contributed by atoms with Crippen LogP contribution in [0.5, 0.6) is 0 Å². The van der Waals surface area contributed by atoms with Crippen LogP contribution in [0.25, 0.3) is 10.8 Å². The van der Waals surface area contributed by atoms with Gasteiger partial charge >= 0.3 is 0 Å². The molecule has 5 heteroatoms. The number of carbonyl (C=O) groups is 2. The number of hydrogen-bond acceptors (Lipinski definition) is 3. The van der Waals surface area contributed by atoms with E-state index >= 15 is 0 Å². The zero-order valence-corrected chi connectivity index (χ0v) is 13.9. The third-order valence-corrected chi connectivity index (χ3v) is 4.36. The molecule has 3 rings (SSSR count). The zero-order chi connectivity index (χ0) is 16.9. The Balaban J connectivity index is 1.52. The normalized spacial score (nSPS) is 17.7. The maximum Gasteiger partial charge on any atom is 0.251 e. The van der Waals surface area contributed by atoms with E-state index < -0.39 is 0 Å². The second-order valence-electron chi connectivity index (χ2n) is 6.26. The van der Waals surface area contributed by atoms with Crippen LogP contribution in [-0.4, -0.2) is 48.9 Å². The van der Waals surface area contributed by atoms with Crippen LogP contribution in [0.2, 0.25) is 0 Å². The molecule has 126 valence electrons. The van der Waals surface area contributed by atoms with Crippen LogP contribution < -0.4 is 10.6 Å². The van der Waals surface area contributed by atoms with Crippen molar-refractivity contribution in [2.45, 2.75) is 19.4 Å². The topological polar surface area (TPSA) is 61.4 Å². The Morgan fingerprint density at radius 1 is 1.21 bits per heavy atom. The highest BCUT2D eigenvalue weighted by atomic mass is 16.2. The smallest absolute Gasteiger partial charge is 0.251 e. The van der Waals surface area contributed by atoms with Gasteiger partial charge in [0.15, 0.2) is 0 Å². The molecule has 2 amide bonds. The fraction of sp³-hybridized carbons (Fsp3) is 0.368. The average molecular weight is 325 g/mol. The van der Waals surface area contributed by atoms with Gasteiger partial charge in [0.2, 0.25) is 5.91 Å². The molecule has 0 aromatic heterocycles. The van der Waals surface area contributed by atoms with Crippen LogP contribution in [-0.2, 0) is 4.79 Å². The van der Waals surface area contributed by atoms with Gasteiger partial charge in [-0.1, -0.05) is 30.3 Å². The molecule has 0 bridgehead atoms. The van der Waals surface area contributed by atoms with Gasteiger partial charge in [-0.3, -0.25) is 9.59 Å². The van der Waals surface area contributed by atoms with Crippen molar-refractivity contribution < 1.29 is 9.59 Å². The van der Waals surface area contributed by atoms with Crippen LogP contribution in [0.15, 0.2) is 42.5 Å². The zero-order valence-electron chi connectivity index (χ0n) is 13.9. The standard InChI is InChI=1S/C19H23N3O2/c1-14-13-22(11-10-20-14)18(23)8-9-21-19(24)17-7-6-15-4-2-3-5-16(15)12-17/h2-7,12,14,20H,8-11,13H2,1H3,(H,21,24). The number of fused-ring (bicyclic) bond motifs is 1. The van der Waals surface area contributed by atoms with Crippen molar-refractivity contribution in [3.05, 3.63) is 48.0 Å². The van der Waals surface area contributed by atoms with Crippen LogP contribution in [0.1, 0.15) is 23.7 Å². The van der Waals surface area contributed by atoms with Crippen LogP contribution in [0, 0.1) is 0 Å². The molecule has 1 aliphatic heterocycles. The predicted octanol–water partition coefficient (Wildman–Crippen LogP) is 1.78. The molecule has 2 aromatic carbocycles. The van der Waals surface area contributed by atoms with Crippen molar-refractivity contribution in [2.24, 2.45) is 0 Å². The molecule has 1 saturated heterocycles. The summed E-state index contributed by atoms with van der Waals surface area (Å²) in [6.45, 7) is 4.74. The summed E-state index contributed by atoms with van der Waals surface area (Å²) in [6.07, 6.45) is 0.339. The molecule has 1 atom stereocenters. The fourth-order valence-corrected chi connectivity index (χ4v) is 3.03. The summed E-state index contributed by atoms with van der Waals surface area (Å²) in [5.74, 6) is -0.0376. The summed E-state index contributed by atoms with van der Waals surface area (Å²) in [6, 6.07) is 13.9. The number of carbonyl (C=O) groups excluding carboxylic acids is 2. The van der Waals surface area contributed by atoms with E-state index in [1.807, 2.05) is 47.4 Å². The lowest BCUT2D eigenvalue weighted by Crippen LogP contribution is -2.51. The van der Waals surface area contributed by atoms with Gasteiger partial charge in [-0.15, -0.1) is 0 Å². The number of benzene rings is 2. The lowest BCUT2D eigenvalue weighted by Gasteiger charge is -2.32. The Labute approximate surface area is 142 Å². The Bertz CT molecular complexity index is 744. The summed E-state index contributed by atoms with van der Waals surface area (Å²) in [4.78, 5) is 26.3. The van der Waals surface area contributed by atoms with Crippen molar-refractivity contribution in [2.75, 3.05) is 26.2 Å². The maximum absolute atomic E-state index is 12.3. The van der Waals surface area contributed by atoms with E-state index in [0.29, 0.717) is 24.6 Å². The molecule has 1 heterocycles. The molecule has 1 fully saturated rings. The van der Waals surface area contributed by atoms with E-state index in [1.165, 1.54) is 0 Å². The number of hydrogen-bond donors (Lipinski definition) is 2. The van der Waals surface area contributed by atoms with E-state index in [1.54, 1.807) is 0 Å². The monoisotopic (exact) mass is 325 g/mol. The highest BCUT2D eigenvalue weighted by Crippen LogP contribution is 2.15. The first kappa shape index (κ1) is 16.5. The van der Waals surface area contributed by atoms with Crippen molar-refractivity contribution >= 4 is 22.6 Å². The summed E-state index contributed by atoms with van der Waals surface area (Å²) < 4.78 is 0. The van der Waals surface area contributed by atoms with E-state index in [-0.39, 0.29) is 11.8 Å². The largest absolute Gasteiger partial charge is 0.352 e. The lowest BCUT2D eigenvalue weighted by molar-refractivity contribution is -0.132. The second-order valence-corrected chi connectivity index (χ2v) is 6.26. The first-order chi connectivity index (χ1) is 11.6. The molecule has 0 saturated carbocycles. The highest BCUT2D eigenvalue weighted by molar-refractivity contribution is 5.98. The molecular weight excluding hydrogens is 302 g/mol. The third kappa shape index (κ3) is 3.92. The van der Waals surface area contributed by atoms with E-state index in [4.69, 9.17) is 0 Å². The highest BCUT2D eigenvalue weighted by Gasteiger charge is 2.20. The van der Waals surface area contributed by atoms with Crippen molar-refractivity contribution in [3.63, 3.8) is 0 Å². The third-order valence-electron chi connectivity index (χ3n) is 4.36. The van der Waals surface area contributed by atoms with E-state index in [0.717, 1.165) is 30.4 Å². The minimum atomic E-state index is -0.137. The van der Waals surface area contributed by atoms with Gasteiger partial charge in [0.05, 0.1) is 0 Å². The second kappa shape index (κ2) is 7.45. The van der Waals surface area contributed by atoms with E-state index in [2.05, 4.69) is 17.6 Å². The van der Waals surface area contributed by atoms with Gasteiger partial charge in [0.25, 0.3) is 5.91 Å². The molecule has 0 radical (unpaired) electrons.